The van der Waals surface area contributed by atoms with Crippen LogP contribution in [0.25, 0.3) is 22.6 Å². The fourth-order valence-electron chi connectivity index (χ4n) is 5.52. The quantitative estimate of drug-likeness (QED) is 0.427. The number of carbonyl (C=O) groups is 1. The average Bonchev–Trinajstić information content (AvgIpc) is 3.33. The van der Waals surface area contributed by atoms with Gasteiger partial charge in [-0.05, 0) is 18.4 Å². The maximum atomic E-state index is 13.2. The molecule has 2 aliphatic rings. The van der Waals surface area contributed by atoms with Crippen LogP contribution in [0.1, 0.15) is 30.3 Å². The highest BCUT2D eigenvalue weighted by molar-refractivity contribution is 5.78. The van der Waals surface area contributed by atoms with Crippen molar-refractivity contribution in [3.8, 4) is 22.6 Å². The maximum Gasteiger partial charge on any atom is 0.250 e. The van der Waals surface area contributed by atoms with E-state index in [-0.39, 0.29) is 17.4 Å². The third-order valence-corrected chi connectivity index (χ3v) is 7.14. The van der Waals surface area contributed by atoms with Gasteiger partial charge in [0.25, 0.3) is 5.56 Å². The first-order valence-electron chi connectivity index (χ1n) is 12.2. The van der Waals surface area contributed by atoms with Crippen LogP contribution in [0.3, 0.4) is 0 Å². The molecule has 1 amide bonds. The topological polar surface area (TPSA) is 68.3 Å². The number of aromatic nitrogens is 2. The Morgan fingerprint density at radius 2 is 1.63 bits per heavy atom. The summed E-state index contributed by atoms with van der Waals surface area (Å²) < 4.78 is 8.10. The molecule has 4 aromatic rings. The van der Waals surface area contributed by atoms with Gasteiger partial charge in [0.05, 0.1) is 0 Å². The summed E-state index contributed by atoms with van der Waals surface area (Å²) in [6, 6.07) is 25.4. The second-order valence-electron chi connectivity index (χ2n) is 9.51. The number of hydrogen-bond donors (Lipinski definition) is 0. The highest BCUT2D eigenvalue weighted by atomic mass is 16.4. The molecule has 2 aromatic heterocycles. The van der Waals surface area contributed by atoms with E-state index in [1.165, 1.54) is 0 Å². The number of rotatable bonds is 5. The molecular formula is C29H27N3O3. The molecule has 35 heavy (non-hydrogen) atoms. The molecule has 6 heteroatoms. The van der Waals surface area contributed by atoms with E-state index < -0.39 is 0 Å². The Morgan fingerprint density at radius 3 is 2.40 bits per heavy atom. The minimum absolute atomic E-state index is 0.0595. The molecule has 0 N–H and O–H groups in total. The fourth-order valence-corrected chi connectivity index (χ4v) is 5.52. The molecule has 6 nitrogen and oxygen atoms in total. The highest BCUT2D eigenvalue weighted by Gasteiger charge is 2.36. The Kier molecular flexibility index (Phi) is 5.57. The van der Waals surface area contributed by atoms with Gasteiger partial charge in [0, 0.05) is 61.3 Å². The summed E-state index contributed by atoms with van der Waals surface area (Å²) in [7, 11) is 0. The number of carbonyl (C=O) groups excluding carboxylic acids is 1. The fraction of sp³-hybridized carbons (Fsp3) is 0.276. The lowest BCUT2D eigenvalue weighted by Crippen LogP contribution is -2.49. The summed E-state index contributed by atoms with van der Waals surface area (Å²) in [6.45, 7) is 2.05. The highest BCUT2D eigenvalue weighted by Crippen LogP contribution is 2.36. The van der Waals surface area contributed by atoms with E-state index in [9.17, 15) is 9.59 Å². The largest absolute Gasteiger partial charge is 0.440 e. The smallest absolute Gasteiger partial charge is 0.250 e. The minimum atomic E-state index is 0.0595. The molecular weight excluding hydrogens is 438 g/mol. The first-order valence-corrected chi connectivity index (χ1v) is 12.2. The van der Waals surface area contributed by atoms with Gasteiger partial charge in [0.15, 0.2) is 11.7 Å². The molecule has 2 aromatic carbocycles. The second kappa shape index (κ2) is 9.02. The van der Waals surface area contributed by atoms with E-state index in [0.29, 0.717) is 44.3 Å². The van der Waals surface area contributed by atoms with Crippen molar-refractivity contribution in [1.82, 2.24) is 14.5 Å². The molecule has 0 saturated carbocycles. The monoisotopic (exact) mass is 465 g/mol. The lowest BCUT2D eigenvalue weighted by atomic mass is 9.83. The zero-order chi connectivity index (χ0) is 23.8. The molecule has 2 atom stereocenters. The number of amides is 1. The predicted molar refractivity (Wildman–Crippen MR) is 134 cm³/mol. The van der Waals surface area contributed by atoms with E-state index in [0.717, 1.165) is 34.7 Å². The Labute approximate surface area is 203 Å². The number of fused-ring (bicyclic) bond motifs is 4. The Hall–Kier alpha value is -3.93. The molecule has 1 fully saturated rings. The van der Waals surface area contributed by atoms with Crippen molar-refractivity contribution in [2.75, 3.05) is 13.1 Å². The van der Waals surface area contributed by atoms with Crippen molar-refractivity contribution in [1.29, 1.82) is 0 Å². The van der Waals surface area contributed by atoms with Gasteiger partial charge in [0.1, 0.15) is 5.69 Å². The van der Waals surface area contributed by atoms with Crippen LogP contribution < -0.4 is 5.56 Å². The molecule has 4 heterocycles. The van der Waals surface area contributed by atoms with Gasteiger partial charge in [0.2, 0.25) is 5.91 Å². The van der Waals surface area contributed by atoms with E-state index in [1.54, 1.807) is 6.07 Å². The van der Waals surface area contributed by atoms with Crippen LogP contribution in [-0.4, -0.2) is 33.4 Å². The van der Waals surface area contributed by atoms with Gasteiger partial charge in [-0.3, -0.25) is 9.59 Å². The first kappa shape index (κ1) is 21.6. The maximum absolute atomic E-state index is 13.2. The summed E-state index contributed by atoms with van der Waals surface area (Å²) in [4.78, 5) is 32.2. The van der Waals surface area contributed by atoms with Crippen molar-refractivity contribution in [2.24, 2.45) is 5.92 Å². The van der Waals surface area contributed by atoms with E-state index in [4.69, 9.17) is 9.40 Å². The number of oxazole rings is 1. The van der Waals surface area contributed by atoms with E-state index >= 15 is 0 Å². The van der Waals surface area contributed by atoms with Gasteiger partial charge < -0.3 is 13.9 Å². The normalized spacial score (nSPS) is 18.8. The van der Waals surface area contributed by atoms with Crippen LogP contribution >= 0.6 is 0 Å². The molecule has 176 valence electrons. The molecule has 2 bridgehead atoms. The van der Waals surface area contributed by atoms with Crippen LogP contribution in [0.15, 0.2) is 88.1 Å². The summed E-state index contributed by atoms with van der Waals surface area (Å²) in [5, 5.41) is 0. The number of aryl methyl sites for hydroxylation is 1. The standard InChI is InChI=1S/C29H27N3O3/c33-26(31-17-20-16-23(19-31)24-12-7-13-27(34)32(24)18-20)15-14-25-30-28(21-8-3-1-4-9-21)29(35-25)22-10-5-2-6-11-22/h1-13,20,23H,14-19H2. The lowest BCUT2D eigenvalue weighted by molar-refractivity contribution is -0.134. The van der Waals surface area contributed by atoms with E-state index in [2.05, 4.69) is 0 Å². The molecule has 6 rings (SSSR count). The average molecular weight is 466 g/mol. The molecule has 1 saturated heterocycles. The molecule has 2 unspecified atom stereocenters. The van der Waals surface area contributed by atoms with Gasteiger partial charge in [-0.25, -0.2) is 4.98 Å². The summed E-state index contributed by atoms with van der Waals surface area (Å²) in [6.07, 6.45) is 1.84. The number of likely N-dealkylation sites (tertiary alicyclic amines) is 1. The van der Waals surface area contributed by atoms with Crippen molar-refractivity contribution in [3.05, 3.63) is 101 Å². The number of benzene rings is 2. The van der Waals surface area contributed by atoms with Gasteiger partial charge in [-0.2, -0.15) is 0 Å². The van der Waals surface area contributed by atoms with Crippen LogP contribution in [0.5, 0.6) is 0 Å². The summed E-state index contributed by atoms with van der Waals surface area (Å²) in [5.74, 6) is 1.96. The molecule has 0 radical (unpaired) electrons. The molecule has 0 aliphatic carbocycles. The lowest BCUT2D eigenvalue weighted by Gasteiger charge is -2.42. The van der Waals surface area contributed by atoms with Crippen molar-refractivity contribution < 1.29 is 9.21 Å². The minimum Gasteiger partial charge on any atom is -0.440 e. The SMILES string of the molecule is O=C(CCc1nc(-c2ccccc2)c(-c2ccccc2)o1)N1CC2CC(C1)c1cccc(=O)n1C2. The van der Waals surface area contributed by atoms with E-state index in [1.807, 2.05) is 82.3 Å². The summed E-state index contributed by atoms with van der Waals surface area (Å²) >= 11 is 0. The van der Waals surface area contributed by atoms with Gasteiger partial charge in [-0.1, -0.05) is 66.7 Å². The first-order chi connectivity index (χ1) is 17.2. The predicted octanol–water partition coefficient (Wildman–Crippen LogP) is 4.75. The van der Waals surface area contributed by atoms with Gasteiger partial charge in [-0.15, -0.1) is 0 Å². The Balaban J connectivity index is 1.20. The van der Waals surface area contributed by atoms with Crippen LogP contribution in [0.4, 0.5) is 0 Å². The third-order valence-electron chi connectivity index (χ3n) is 7.14. The number of piperidine rings is 1. The van der Waals surface area contributed by atoms with Crippen LogP contribution in [0.2, 0.25) is 0 Å². The zero-order valence-corrected chi connectivity index (χ0v) is 19.5. The molecule has 2 aliphatic heterocycles. The zero-order valence-electron chi connectivity index (χ0n) is 19.5. The third kappa shape index (κ3) is 4.20. The van der Waals surface area contributed by atoms with Crippen LogP contribution in [0, 0.1) is 5.92 Å². The van der Waals surface area contributed by atoms with Crippen molar-refractivity contribution in [3.63, 3.8) is 0 Å². The summed E-state index contributed by atoms with van der Waals surface area (Å²) in [5.41, 5.74) is 3.87. The van der Waals surface area contributed by atoms with Crippen molar-refractivity contribution >= 4 is 5.91 Å². The Morgan fingerprint density at radius 1 is 0.886 bits per heavy atom. The number of nitrogens with zero attached hydrogens (tertiary/aromatic N) is 3. The van der Waals surface area contributed by atoms with Gasteiger partial charge >= 0.3 is 0 Å². The number of hydrogen-bond acceptors (Lipinski definition) is 4. The number of pyridine rings is 1. The second-order valence-corrected chi connectivity index (χ2v) is 9.51. The van der Waals surface area contributed by atoms with Crippen molar-refractivity contribution in [2.45, 2.75) is 31.7 Å². The Bertz CT molecular complexity index is 1350. The van der Waals surface area contributed by atoms with Crippen LogP contribution in [-0.2, 0) is 17.8 Å². The molecule has 0 spiro atoms.